The van der Waals surface area contributed by atoms with Crippen molar-refractivity contribution in [3.63, 3.8) is 0 Å². The van der Waals surface area contributed by atoms with E-state index in [1.54, 1.807) is 37.3 Å². The van der Waals surface area contributed by atoms with Crippen LogP contribution >= 0.6 is 0 Å². The summed E-state index contributed by atoms with van der Waals surface area (Å²) in [6, 6.07) is 12.3. The summed E-state index contributed by atoms with van der Waals surface area (Å²) in [7, 11) is -3.47. The maximum absolute atomic E-state index is 12.3. The van der Waals surface area contributed by atoms with Crippen molar-refractivity contribution in [3.05, 3.63) is 59.2 Å². The second-order valence-electron chi connectivity index (χ2n) is 6.85. The van der Waals surface area contributed by atoms with Crippen molar-refractivity contribution in [2.75, 3.05) is 22.4 Å². The lowest BCUT2D eigenvalue weighted by Crippen LogP contribution is -2.31. The Bertz CT molecular complexity index is 985. The number of carbonyl (C=O) groups is 2. The normalized spacial score (nSPS) is 11.1. The van der Waals surface area contributed by atoms with Gasteiger partial charge in [-0.05, 0) is 55.2 Å². The molecule has 0 aromatic heterocycles. The number of rotatable bonds is 9. The largest absolute Gasteiger partial charge is 0.366 e. The molecule has 0 aliphatic heterocycles. The highest BCUT2D eigenvalue weighted by Gasteiger charge is 2.18. The molecule has 0 radical (unpaired) electrons. The smallest absolute Gasteiger partial charge is 0.249 e. The molecular weight excluding hydrogens is 390 g/mol. The van der Waals surface area contributed by atoms with Crippen LogP contribution in [0.5, 0.6) is 0 Å². The third-order valence-corrected chi connectivity index (χ3v) is 5.87. The molecule has 8 heteroatoms. The van der Waals surface area contributed by atoms with Gasteiger partial charge < -0.3 is 11.1 Å². The Hall–Kier alpha value is -2.87. The first-order valence-electron chi connectivity index (χ1n) is 9.39. The average molecular weight is 418 g/mol. The lowest BCUT2D eigenvalue weighted by atomic mass is 10.1. The molecule has 0 aliphatic carbocycles. The number of aryl methyl sites for hydroxylation is 1. The van der Waals surface area contributed by atoms with Crippen LogP contribution < -0.4 is 15.4 Å². The fourth-order valence-electron chi connectivity index (χ4n) is 3.02. The van der Waals surface area contributed by atoms with Crippen molar-refractivity contribution in [1.82, 2.24) is 0 Å². The van der Waals surface area contributed by atoms with E-state index in [2.05, 4.69) is 5.32 Å². The molecule has 2 aromatic carbocycles. The summed E-state index contributed by atoms with van der Waals surface area (Å²) in [6.45, 7) is 3.93. The summed E-state index contributed by atoms with van der Waals surface area (Å²) < 4.78 is 25.7. The number of nitrogens with one attached hydrogen (secondary N) is 1. The SMILES string of the molecule is CCc1ccc(N(CCCC(=O)Nc2cccc(C(N)=O)c2C)S(C)(=O)=O)cc1. The minimum Gasteiger partial charge on any atom is -0.366 e. The van der Waals surface area contributed by atoms with Gasteiger partial charge in [-0.2, -0.15) is 0 Å². The summed E-state index contributed by atoms with van der Waals surface area (Å²) >= 11 is 0. The second kappa shape index (κ2) is 9.56. The van der Waals surface area contributed by atoms with Gasteiger partial charge in [-0.1, -0.05) is 25.1 Å². The molecule has 0 saturated carbocycles. The lowest BCUT2D eigenvalue weighted by Gasteiger charge is -2.22. The van der Waals surface area contributed by atoms with Crippen LogP contribution in [-0.4, -0.2) is 33.0 Å². The molecule has 0 bridgehead atoms. The van der Waals surface area contributed by atoms with Crippen LogP contribution in [0.2, 0.25) is 0 Å². The van der Waals surface area contributed by atoms with E-state index >= 15 is 0 Å². The zero-order valence-corrected chi connectivity index (χ0v) is 17.8. The number of nitrogens with zero attached hydrogens (tertiary/aromatic N) is 1. The van der Waals surface area contributed by atoms with E-state index in [9.17, 15) is 18.0 Å². The predicted molar refractivity (Wildman–Crippen MR) is 116 cm³/mol. The van der Waals surface area contributed by atoms with Gasteiger partial charge in [0.25, 0.3) is 0 Å². The highest BCUT2D eigenvalue weighted by atomic mass is 32.2. The van der Waals surface area contributed by atoms with E-state index < -0.39 is 15.9 Å². The fourth-order valence-corrected chi connectivity index (χ4v) is 3.98. The third kappa shape index (κ3) is 6.05. The molecule has 2 rings (SSSR count). The van der Waals surface area contributed by atoms with E-state index in [-0.39, 0.29) is 18.9 Å². The Morgan fingerprint density at radius 2 is 1.76 bits per heavy atom. The maximum atomic E-state index is 12.3. The van der Waals surface area contributed by atoms with E-state index in [4.69, 9.17) is 5.73 Å². The van der Waals surface area contributed by atoms with Crippen LogP contribution in [0.4, 0.5) is 11.4 Å². The van der Waals surface area contributed by atoms with E-state index in [0.29, 0.717) is 28.9 Å². The van der Waals surface area contributed by atoms with Crippen LogP contribution in [0.15, 0.2) is 42.5 Å². The maximum Gasteiger partial charge on any atom is 0.249 e. The Morgan fingerprint density at radius 3 is 2.31 bits per heavy atom. The van der Waals surface area contributed by atoms with Gasteiger partial charge in [-0.25, -0.2) is 8.42 Å². The minimum atomic E-state index is -3.47. The van der Waals surface area contributed by atoms with E-state index in [1.165, 1.54) is 4.31 Å². The zero-order valence-electron chi connectivity index (χ0n) is 16.9. The summed E-state index contributed by atoms with van der Waals surface area (Å²) in [5.41, 5.74) is 8.49. The topological polar surface area (TPSA) is 110 Å². The van der Waals surface area contributed by atoms with Gasteiger partial charge in [0.1, 0.15) is 0 Å². The molecule has 0 atom stereocenters. The van der Waals surface area contributed by atoms with Crippen molar-refractivity contribution in [2.24, 2.45) is 5.73 Å². The standard InChI is InChI=1S/C21H27N3O4S/c1-4-16-10-12-17(13-11-16)24(29(3,27)28)14-6-9-20(25)23-19-8-5-7-18(15(19)2)21(22)26/h5,7-8,10-13H,4,6,9,14H2,1-3H3,(H2,22,26)(H,23,25). The first-order valence-corrected chi connectivity index (χ1v) is 11.2. The van der Waals surface area contributed by atoms with Gasteiger partial charge in [0.2, 0.25) is 21.8 Å². The molecule has 0 fully saturated rings. The number of amides is 2. The molecule has 2 amide bonds. The monoisotopic (exact) mass is 417 g/mol. The Balaban J connectivity index is 2.01. The number of primary amides is 1. The van der Waals surface area contributed by atoms with Crippen LogP contribution in [0, 0.1) is 6.92 Å². The van der Waals surface area contributed by atoms with Gasteiger partial charge in [-0.15, -0.1) is 0 Å². The molecule has 0 saturated heterocycles. The molecule has 3 N–H and O–H groups in total. The van der Waals surface area contributed by atoms with Gasteiger partial charge >= 0.3 is 0 Å². The first-order chi connectivity index (χ1) is 13.6. The fraction of sp³-hybridized carbons (Fsp3) is 0.333. The molecule has 0 spiro atoms. The van der Waals surface area contributed by atoms with Crippen molar-refractivity contribution >= 4 is 33.2 Å². The summed E-state index contributed by atoms with van der Waals surface area (Å²) in [6.07, 6.45) is 2.51. The molecule has 156 valence electrons. The van der Waals surface area contributed by atoms with Crippen LogP contribution in [0.25, 0.3) is 0 Å². The van der Waals surface area contributed by atoms with Gasteiger partial charge in [0.05, 0.1) is 11.9 Å². The van der Waals surface area contributed by atoms with Crippen molar-refractivity contribution < 1.29 is 18.0 Å². The third-order valence-electron chi connectivity index (χ3n) is 4.67. The Kier molecular flexibility index (Phi) is 7.39. The molecule has 0 heterocycles. The first kappa shape index (κ1) is 22.4. The number of anilines is 2. The van der Waals surface area contributed by atoms with E-state index in [0.717, 1.165) is 18.2 Å². The van der Waals surface area contributed by atoms with Crippen LogP contribution in [-0.2, 0) is 21.2 Å². The average Bonchev–Trinajstić information content (AvgIpc) is 2.66. The predicted octanol–water partition coefficient (Wildman–Crippen LogP) is 2.84. The van der Waals surface area contributed by atoms with E-state index in [1.807, 2.05) is 19.1 Å². The number of nitrogens with two attached hydrogens (primary N) is 1. The molecule has 0 unspecified atom stereocenters. The molecule has 0 aliphatic rings. The number of hydrogen-bond donors (Lipinski definition) is 2. The molecule has 29 heavy (non-hydrogen) atoms. The summed E-state index contributed by atoms with van der Waals surface area (Å²) in [5, 5.41) is 2.76. The van der Waals surface area contributed by atoms with Crippen molar-refractivity contribution in [2.45, 2.75) is 33.1 Å². The van der Waals surface area contributed by atoms with Crippen LogP contribution in [0.3, 0.4) is 0 Å². The highest BCUT2D eigenvalue weighted by molar-refractivity contribution is 7.92. The molecular formula is C21H27N3O4S. The van der Waals surface area contributed by atoms with Crippen LogP contribution in [0.1, 0.15) is 41.3 Å². The minimum absolute atomic E-state index is 0.138. The number of sulfonamides is 1. The van der Waals surface area contributed by atoms with Crippen molar-refractivity contribution in [1.29, 1.82) is 0 Å². The molecule has 7 nitrogen and oxygen atoms in total. The number of benzene rings is 2. The van der Waals surface area contributed by atoms with Gasteiger partial charge in [0.15, 0.2) is 0 Å². The highest BCUT2D eigenvalue weighted by Crippen LogP contribution is 2.21. The number of hydrogen-bond acceptors (Lipinski definition) is 4. The van der Waals surface area contributed by atoms with Crippen molar-refractivity contribution in [3.8, 4) is 0 Å². The molecule has 2 aromatic rings. The lowest BCUT2D eigenvalue weighted by molar-refractivity contribution is -0.116. The summed E-state index contributed by atoms with van der Waals surface area (Å²) in [4.78, 5) is 23.7. The number of carbonyl (C=O) groups excluding carboxylic acids is 2. The summed E-state index contributed by atoms with van der Waals surface area (Å²) in [5.74, 6) is -0.819. The quantitative estimate of drug-likeness (QED) is 0.654. The zero-order chi connectivity index (χ0) is 21.6. The van der Waals surface area contributed by atoms with Gasteiger partial charge in [0, 0.05) is 24.2 Å². The Morgan fingerprint density at radius 1 is 1.10 bits per heavy atom. The second-order valence-corrected chi connectivity index (χ2v) is 8.76. The van der Waals surface area contributed by atoms with Gasteiger partial charge in [-0.3, -0.25) is 13.9 Å². The Labute approximate surface area is 172 Å².